The monoisotopic (exact) mass is 354 g/mol. The van der Waals surface area contributed by atoms with Crippen LogP contribution in [0.5, 0.6) is 5.75 Å². The summed E-state index contributed by atoms with van der Waals surface area (Å²) in [4.78, 5) is 12.5. The molecular formula is C18H27ClN2O3. The van der Waals surface area contributed by atoms with Gasteiger partial charge >= 0.3 is 0 Å². The molecule has 1 aromatic carbocycles. The Balaban J connectivity index is 0.00000208. The Kier molecular flexibility index (Phi) is 7.34. The number of nitrogens with one attached hydrogen (secondary N) is 2. The molecule has 0 aromatic heterocycles. The standard InChI is InChI=1S/C18H26N2O3.ClH/c1-13-11-19-8-7-17(13)20-18(21)14-4-2-5-15(10-14)23-12-16-6-3-9-22-16;/h2,4-5,10,13,16-17,19H,3,6-9,11-12H2,1H3,(H,20,21);1H. The van der Waals surface area contributed by atoms with Crippen molar-refractivity contribution in [2.45, 2.75) is 38.3 Å². The highest BCUT2D eigenvalue weighted by atomic mass is 35.5. The van der Waals surface area contributed by atoms with Crippen LogP contribution in [0.4, 0.5) is 0 Å². The Hall–Kier alpha value is -1.30. The maximum atomic E-state index is 12.5. The molecule has 0 saturated carbocycles. The van der Waals surface area contributed by atoms with E-state index in [1.165, 1.54) is 0 Å². The average molecular weight is 355 g/mol. The number of benzene rings is 1. The summed E-state index contributed by atoms with van der Waals surface area (Å²) in [5, 5.41) is 6.50. The summed E-state index contributed by atoms with van der Waals surface area (Å²) in [6, 6.07) is 7.64. The predicted octanol–water partition coefficient (Wildman–Crippen LogP) is 2.39. The van der Waals surface area contributed by atoms with E-state index < -0.39 is 0 Å². The molecule has 134 valence electrons. The van der Waals surface area contributed by atoms with E-state index in [1.807, 2.05) is 24.3 Å². The molecular weight excluding hydrogens is 328 g/mol. The molecule has 2 heterocycles. The fourth-order valence-corrected chi connectivity index (χ4v) is 3.17. The molecule has 2 saturated heterocycles. The maximum absolute atomic E-state index is 12.5. The van der Waals surface area contributed by atoms with Crippen molar-refractivity contribution in [2.75, 3.05) is 26.3 Å². The molecule has 1 amide bonds. The van der Waals surface area contributed by atoms with Gasteiger partial charge in [-0.2, -0.15) is 0 Å². The van der Waals surface area contributed by atoms with Gasteiger partial charge in [0, 0.05) is 18.2 Å². The first-order valence-electron chi connectivity index (χ1n) is 8.58. The van der Waals surface area contributed by atoms with E-state index >= 15 is 0 Å². The molecule has 3 rings (SSSR count). The molecule has 3 atom stereocenters. The summed E-state index contributed by atoms with van der Waals surface area (Å²) in [7, 11) is 0. The number of amides is 1. The first kappa shape index (κ1) is 19.0. The number of rotatable bonds is 5. The minimum Gasteiger partial charge on any atom is -0.491 e. The van der Waals surface area contributed by atoms with Gasteiger partial charge in [0.2, 0.25) is 0 Å². The van der Waals surface area contributed by atoms with Crippen molar-refractivity contribution in [3.05, 3.63) is 29.8 Å². The molecule has 6 heteroatoms. The van der Waals surface area contributed by atoms with E-state index in [2.05, 4.69) is 17.6 Å². The van der Waals surface area contributed by atoms with Crippen LogP contribution in [0, 0.1) is 5.92 Å². The van der Waals surface area contributed by atoms with Crippen LogP contribution in [0.2, 0.25) is 0 Å². The molecule has 3 unspecified atom stereocenters. The fraction of sp³-hybridized carbons (Fsp3) is 0.611. The molecule has 0 radical (unpaired) electrons. The van der Waals surface area contributed by atoms with Crippen molar-refractivity contribution in [1.82, 2.24) is 10.6 Å². The predicted molar refractivity (Wildman–Crippen MR) is 96.1 cm³/mol. The van der Waals surface area contributed by atoms with Crippen molar-refractivity contribution in [2.24, 2.45) is 5.92 Å². The van der Waals surface area contributed by atoms with E-state index in [9.17, 15) is 4.79 Å². The zero-order chi connectivity index (χ0) is 16.1. The lowest BCUT2D eigenvalue weighted by Crippen LogP contribution is -2.48. The van der Waals surface area contributed by atoms with Crippen LogP contribution in [-0.4, -0.2) is 44.4 Å². The minimum atomic E-state index is -0.0219. The van der Waals surface area contributed by atoms with Crippen LogP contribution < -0.4 is 15.4 Å². The molecule has 0 bridgehead atoms. The third-order valence-corrected chi connectivity index (χ3v) is 4.66. The highest BCUT2D eigenvalue weighted by Crippen LogP contribution is 2.18. The smallest absolute Gasteiger partial charge is 0.251 e. The Morgan fingerprint density at radius 3 is 3.04 bits per heavy atom. The number of hydrogen-bond donors (Lipinski definition) is 2. The van der Waals surface area contributed by atoms with E-state index in [4.69, 9.17) is 9.47 Å². The van der Waals surface area contributed by atoms with Gasteiger partial charge in [0.15, 0.2) is 0 Å². The van der Waals surface area contributed by atoms with Gasteiger partial charge in [-0.25, -0.2) is 0 Å². The van der Waals surface area contributed by atoms with Gasteiger partial charge in [-0.3, -0.25) is 4.79 Å². The van der Waals surface area contributed by atoms with Crippen molar-refractivity contribution in [3.63, 3.8) is 0 Å². The Morgan fingerprint density at radius 1 is 1.42 bits per heavy atom. The van der Waals surface area contributed by atoms with Gasteiger partial charge in [-0.1, -0.05) is 13.0 Å². The molecule has 0 spiro atoms. The number of carbonyl (C=O) groups excluding carboxylic acids is 1. The average Bonchev–Trinajstić information content (AvgIpc) is 3.09. The second-order valence-electron chi connectivity index (χ2n) is 6.52. The van der Waals surface area contributed by atoms with Crippen LogP contribution in [0.1, 0.15) is 36.5 Å². The first-order chi connectivity index (χ1) is 11.2. The quantitative estimate of drug-likeness (QED) is 0.852. The van der Waals surface area contributed by atoms with Crippen molar-refractivity contribution in [3.8, 4) is 5.75 Å². The van der Waals surface area contributed by atoms with Crippen molar-refractivity contribution < 1.29 is 14.3 Å². The summed E-state index contributed by atoms with van der Waals surface area (Å²) in [6.45, 7) is 5.45. The van der Waals surface area contributed by atoms with Crippen LogP contribution in [0.3, 0.4) is 0 Å². The van der Waals surface area contributed by atoms with E-state index in [0.29, 0.717) is 18.1 Å². The zero-order valence-corrected chi connectivity index (χ0v) is 14.9. The molecule has 2 aliphatic heterocycles. The van der Waals surface area contributed by atoms with E-state index in [1.54, 1.807) is 0 Å². The maximum Gasteiger partial charge on any atom is 0.251 e. The largest absolute Gasteiger partial charge is 0.491 e. The molecule has 24 heavy (non-hydrogen) atoms. The van der Waals surface area contributed by atoms with Crippen LogP contribution in [0.15, 0.2) is 24.3 Å². The number of halogens is 1. The SMILES string of the molecule is CC1CNCCC1NC(=O)c1cccc(OCC2CCCO2)c1.Cl. The number of carbonyl (C=O) groups is 1. The third kappa shape index (κ3) is 5.10. The van der Waals surface area contributed by atoms with E-state index in [-0.39, 0.29) is 30.5 Å². The van der Waals surface area contributed by atoms with Gasteiger partial charge in [-0.15, -0.1) is 12.4 Å². The zero-order valence-electron chi connectivity index (χ0n) is 14.1. The van der Waals surface area contributed by atoms with Crippen LogP contribution >= 0.6 is 12.4 Å². The van der Waals surface area contributed by atoms with Crippen LogP contribution in [0.25, 0.3) is 0 Å². The number of hydrogen-bond acceptors (Lipinski definition) is 4. The molecule has 2 N–H and O–H groups in total. The Labute approximate surface area is 149 Å². The third-order valence-electron chi connectivity index (χ3n) is 4.66. The summed E-state index contributed by atoms with van der Waals surface area (Å²) in [5.41, 5.74) is 0.653. The van der Waals surface area contributed by atoms with E-state index in [0.717, 1.165) is 44.7 Å². The first-order valence-corrected chi connectivity index (χ1v) is 8.58. The Bertz CT molecular complexity index is 535. The van der Waals surface area contributed by atoms with Crippen molar-refractivity contribution >= 4 is 18.3 Å². The Morgan fingerprint density at radius 2 is 2.29 bits per heavy atom. The summed E-state index contributed by atoms with van der Waals surface area (Å²) < 4.78 is 11.3. The van der Waals surface area contributed by atoms with Crippen LogP contribution in [-0.2, 0) is 4.74 Å². The molecule has 5 nitrogen and oxygen atoms in total. The number of ether oxygens (including phenoxy) is 2. The highest BCUT2D eigenvalue weighted by Gasteiger charge is 2.23. The van der Waals surface area contributed by atoms with Gasteiger partial charge in [0.05, 0.1) is 6.10 Å². The lowest BCUT2D eigenvalue weighted by molar-refractivity contribution is 0.0679. The second-order valence-corrected chi connectivity index (χ2v) is 6.52. The number of piperidine rings is 1. The topological polar surface area (TPSA) is 59.6 Å². The summed E-state index contributed by atoms with van der Waals surface area (Å²) >= 11 is 0. The molecule has 2 aliphatic rings. The lowest BCUT2D eigenvalue weighted by Gasteiger charge is -2.30. The molecule has 1 aromatic rings. The minimum absolute atomic E-state index is 0. The normalized spacial score (nSPS) is 26.5. The summed E-state index contributed by atoms with van der Waals surface area (Å²) in [6.07, 6.45) is 3.31. The van der Waals surface area contributed by atoms with Gasteiger partial charge in [0.1, 0.15) is 12.4 Å². The highest BCUT2D eigenvalue weighted by molar-refractivity contribution is 5.94. The fourth-order valence-electron chi connectivity index (χ4n) is 3.17. The second kappa shape index (κ2) is 9.25. The lowest BCUT2D eigenvalue weighted by atomic mass is 9.95. The summed E-state index contributed by atoms with van der Waals surface area (Å²) in [5.74, 6) is 1.16. The molecule has 0 aliphatic carbocycles. The van der Waals surface area contributed by atoms with Gasteiger partial charge in [-0.05, 0) is 56.5 Å². The van der Waals surface area contributed by atoms with Gasteiger partial charge in [0.25, 0.3) is 5.91 Å². The molecule has 2 fully saturated rings. The van der Waals surface area contributed by atoms with Gasteiger partial charge < -0.3 is 20.1 Å². The van der Waals surface area contributed by atoms with Crippen molar-refractivity contribution in [1.29, 1.82) is 0 Å².